The van der Waals surface area contributed by atoms with Crippen molar-refractivity contribution in [1.29, 1.82) is 0 Å². The number of benzene rings is 3. The van der Waals surface area contributed by atoms with Crippen molar-refractivity contribution in [3.05, 3.63) is 94.0 Å². The topological polar surface area (TPSA) is 79.4 Å². The molecule has 1 atom stereocenters. The van der Waals surface area contributed by atoms with Crippen LogP contribution in [0.15, 0.2) is 72.8 Å². The number of piperidine rings is 1. The van der Waals surface area contributed by atoms with Gasteiger partial charge in [0.2, 0.25) is 5.95 Å². The zero-order valence-corrected chi connectivity index (χ0v) is 25.0. The number of carbonyl (C=O) groups excluding carboxylic acids is 1. The van der Waals surface area contributed by atoms with Crippen LogP contribution in [-0.2, 0) is 6.54 Å². The summed E-state index contributed by atoms with van der Waals surface area (Å²) in [6, 6.07) is 23.8. The summed E-state index contributed by atoms with van der Waals surface area (Å²) in [5, 5.41) is 4.78. The molecule has 5 rings (SSSR count). The van der Waals surface area contributed by atoms with Crippen LogP contribution in [0.5, 0.6) is 0 Å². The van der Waals surface area contributed by atoms with Gasteiger partial charge in [-0.2, -0.15) is 0 Å². The average molecular weight is 594 g/mol. The highest BCUT2D eigenvalue weighted by atomic mass is 35.5. The van der Waals surface area contributed by atoms with E-state index in [-0.39, 0.29) is 11.8 Å². The highest BCUT2D eigenvalue weighted by Crippen LogP contribution is 2.30. The number of rotatable bonds is 11. The summed E-state index contributed by atoms with van der Waals surface area (Å²) in [5.41, 5.74) is 9.80. The van der Waals surface area contributed by atoms with Gasteiger partial charge in [-0.25, -0.2) is 4.98 Å². The molecule has 0 saturated carbocycles. The molecule has 1 saturated heterocycles. The quantitative estimate of drug-likeness (QED) is 0.219. The van der Waals surface area contributed by atoms with Crippen LogP contribution < -0.4 is 11.1 Å². The van der Waals surface area contributed by atoms with Crippen LogP contribution in [0.3, 0.4) is 0 Å². The maximum absolute atomic E-state index is 13.1. The van der Waals surface area contributed by atoms with Gasteiger partial charge in [0.15, 0.2) is 0 Å². The first-order chi connectivity index (χ1) is 19.9. The lowest BCUT2D eigenvalue weighted by atomic mass is 9.94. The molecule has 0 aliphatic carbocycles. The van der Waals surface area contributed by atoms with E-state index in [1.165, 1.54) is 0 Å². The van der Waals surface area contributed by atoms with E-state index < -0.39 is 0 Å². The van der Waals surface area contributed by atoms with Crippen molar-refractivity contribution in [2.45, 2.75) is 37.8 Å². The maximum atomic E-state index is 13.1. The fraction of sp³-hybridized carbons (Fsp3) is 0.375. The van der Waals surface area contributed by atoms with Gasteiger partial charge in [0.25, 0.3) is 5.91 Å². The van der Waals surface area contributed by atoms with Gasteiger partial charge in [0.05, 0.1) is 21.1 Å². The number of likely N-dealkylation sites (N-methyl/N-ethyl adjacent to an activating group) is 1. The standard InChI is InChI=1S/C32H38Cl2N6O/c1-38(31(41)23-7-3-2-4-8-23)22-25(24-11-12-27(33)28(34)21-24)13-17-39-18-14-26(15-19-39)36-32-37-29-9-5-6-10-30(29)40(32)20-16-35/h2-12,21,25-26H,13-20,22,35H2,1H3,(H,36,37). The van der Waals surface area contributed by atoms with E-state index in [2.05, 4.69) is 20.9 Å². The molecule has 1 aromatic heterocycles. The van der Waals surface area contributed by atoms with Crippen molar-refractivity contribution in [3.8, 4) is 0 Å². The molecule has 9 heteroatoms. The summed E-state index contributed by atoms with van der Waals surface area (Å²) in [4.78, 5) is 22.3. The summed E-state index contributed by atoms with van der Waals surface area (Å²) in [5.74, 6) is 1.05. The molecule has 2 heterocycles. The molecular formula is C32H38Cl2N6O. The fourth-order valence-corrected chi connectivity index (χ4v) is 6.01. The molecule has 1 aliphatic rings. The molecular weight excluding hydrogens is 555 g/mol. The third-order valence-corrected chi connectivity index (χ3v) is 8.74. The number of nitrogens with two attached hydrogens (primary N) is 1. The molecule has 7 nitrogen and oxygen atoms in total. The van der Waals surface area contributed by atoms with Crippen LogP contribution in [-0.4, -0.2) is 71.1 Å². The molecule has 0 spiro atoms. The molecule has 3 aromatic carbocycles. The van der Waals surface area contributed by atoms with E-state index >= 15 is 0 Å². The Morgan fingerprint density at radius 1 is 1.02 bits per heavy atom. The van der Waals surface area contributed by atoms with Gasteiger partial charge in [-0.1, -0.05) is 59.6 Å². The van der Waals surface area contributed by atoms with Gasteiger partial charge >= 0.3 is 0 Å². The lowest BCUT2D eigenvalue weighted by Crippen LogP contribution is -2.40. The average Bonchev–Trinajstić information content (AvgIpc) is 3.34. The second kappa shape index (κ2) is 13.7. The summed E-state index contributed by atoms with van der Waals surface area (Å²) < 4.78 is 2.19. The number of aromatic nitrogens is 2. The van der Waals surface area contributed by atoms with Crippen molar-refractivity contribution in [2.75, 3.05) is 45.1 Å². The van der Waals surface area contributed by atoms with E-state index in [9.17, 15) is 4.79 Å². The Bertz CT molecular complexity index is 1450. The van der Waals surface area contributed by atoms with Crippen LogP contribution in [0, 0.1) is 0 Å². The van der Waals surface area contributed by atoms with Gasteiger partial charge < -0.3 is 25.4 Å². The number of amides is 1. The van der Waals surface area contributed by atoms with Crippen LogP contribution in [0.2, 0.25) is 10.0 Å². The first kappa shape index (κ1) is 29.4. The monoisotopic (exact) mass is 592 g/mol. The third-order valence-electron chi connectivity index (χ3n) is 8.00. The van der Waals surface area contributed by atoms with Gasteiger partial charge in [0, 0.05) is 57.3 Å². The zero-order chi connectivity index (χ0) is 28.8. The van der Waals surface area contributed by atoms with Crippen molar-refractivity contribution in [3.63, 3.8) is 0 Å². The van der Waals surface area contributed by atoms with Gasteiger partial charge in [-0.15, -0.1) is 0 Å². The number of nitrogens with one attached hydrogen (secondary N) is 1. The van der Waals surface area contributed by atoms with Crippen molar-refractivity contribution >= 4 is 46.1 Å². The molecule has 216 valence electrons. The maximum Gasteiger partial charge on any atom is 0.253 e. The Balaban J connectivity index is 1.20. The minimum absolute atomic E-state index is 0.0169. The minimum atomic E-state index is 0.0169. The number of para-hydroxylation sites is 2. The molecule has 4 aromatic rings. The van der Waals surface area contributed by atoms with Crippen LogP contribution in [0.4, 0.5) is 5.95 Å². The number of halogens is 2. The second-order valence-electron chi connectivity index (χ2n) is 10.8. The van der Waals surface area contributed by atoms with Gasteiger partial charge in [-0.05, 0) is 67.8 Å². The molecule has 1 unspecified atom stereocenters. The second-order valence-corrected chi connectivity index (χ2v) is 11.6. The van der Waals surface area contributed by atoms with Crippen molar-refractivity contribution in [1.82, 2.24) is 19.4 Å². The number of nitrogens with zero attached hydrogens (tertiary/aromatic N) is 4. The third kappa shape index (κ3) is 7.22. The summed E-state index contributed by atoms with van der Waals surface area (Å²) >= 11 is 12.6. The molecule has 1 amide bonds. The summed E-state index contributed by atoms with van der Waals surface area (Å²) in [6.07, 6.45) is 2.99. The first-order valence-corrected chi connectivity index (χ1v) is 15.1. The number of likely N-dealkylation sites (tertiary alicyclic amines) is 1. The molecule has 0 bridgehead atoms. The van der Waals surface area contributed by atoms with E-state index in [4.69, 9.17) is 33.9 Å². The number of hydrogen-bond donors (Lipinski definition) is 2. The molecule has 0 radical (unpaired) electrons. The van der Waals surface area contributed by atoms with Crippen LogP contribution in [0.25, 0.3) is 11.0 Å². The Labute approximate surface area is 252 Å². The summed E-state index contributed by atoms with van der Waals surface area (Å²) in [6.45, 7) is 4.85. The SMILES string of the molecule is CN(CC(CCN1CCC(Nc2nc3ccccc3n2CCN)CC1)c1ccc(Cl)c(Cl)c1)C(=O)c1ccccc1. The van der Waals surface area contributed by atoms with Crippen LogP contribution >= 0.6 is 23.2 Å². The molecule has 3 N–H and O–H groups in total. The number of carbonyl (C=O) groups is 1. The molecule has 1 aliphatic heterocycles. The normalized spacial score (nSPS) is 15.2. The van der Waals surface area contributed by atoms with E-state index in [1.54, 1.807) is 0 Å². The minimum Gasteiger partial charge on any atom is -0.353 e. The fourth-order valence-electron chi connectivity index (χ4n) is 5.71. The zero-order valence-electron chi connectivity index (χ0n) is 23.5. The smallest absolute Gasteiger partial charge is 0.253 e. The van der Waals surface area contributed by atoms with E-state index in [0.29, 0.717) is 34.7 Å². The largest absolute Gasteiger partial charge is 0.353 e. The molecule has 1 fully saturated rings. The number of anilines is 1. The Morgan fingerprint density at radius 3 is 2.49 bits per heavy atom. The van der Waals surface area contributed by atoms with E-state index in [1.807, 2.05) is 78.7 Å². The Morgan fingerprint density at radius 2 is 1.76 bits per heavy atom. The highest BCUT2D eigenvalue weighted by molar-refractivity contribution is 6.42. The number of imidazole rings is 1. The summed E-state index contributed by atoms with van der Waals surface area (Å²) in [7, 11) is 1.87. The number of hydrogen-bond acceptors (Lipinski definition) is 5. The van der Waals surface area contributed by atoms with Crippen molar-refractivity contribution < 1.29 is 4.79 Å². The molecule has 41 heavy (non-hydrogen) atoms. The van der Waals surface area contributed by atoms with Gasteiger partial charge in [-0.3, -0.25) is 4.79 Å². The van der Waals surface area contributed by atoms with E-state index in [0.717, 1.165) is 68.0 Å². The van der Waals surface area contributed by atoms with Crippen LogP contribution in [0.1, 0.15) is 41.1 Å². The van der Waals surface area contributed by atoms with Gasteiger partial charge in [0.1, 0.15) is 0 Å². The number of fused-ring (bicyclic) bond motifs is 1. The predicted molar refractivity (Wildman–Crippen MR) is 169 cm³/mol. The Hall–Kier alpha value is -3.10. The lowest BCUT2D eigenvalue weighted by molar-refractivity contribution is 0.0782. The van der Waals surface area contributed by atoms with Crippen molar-refractivity contribution in [2.24, 2.45) is 5.73 Å². The lowest BCUT2D eigenvalue weighted by Gasteiger charge is -2.34. The highest BCUT2D eigenvalue weighted by Gasteiger charge is 2.24. The Kier molecular flexibility index (Phi) is 9.83. The predicted octanol–water partition coefficient (Wildman–Crippen LogP) is 6.12. The first-order valence-electron chi connectivity index (χ1n) is 14.3.